The summed E-state index contributed by atoms with van der Waals surface area (Å²) >= 11 is 0. The number of aliphatic hydroxyl groups excluding tert-OH is 2. The number of carbonyl (C=O) groups excluding carboxylic acids is 4. The third-order valence-electron chi connectivity index (χ3n) is 6.05. The van der Waals surface area contributed by atoms with Crippen molar-refractivity contribution in [2.45, 2.75) is 58.8 Å². The van der Waals surface area contributed by atoms with E-state index in [9.17, 15) is 24.3 Å². The van der Waals surface area contributed by atoms with Gasteiger partial charge in [-0.25, -0.2) is 14.4 Å². The monoisotopic (exact) mass is 518 g/mol. The summed E-state index contributed by atoms with van der Waals surface area (Å²) in [5.74, 6) is -3.38. The molecule has 2 aliphatic rings. The molecular formula is C27H34O10. The molecule has 0 saturated carbocycles. The van der Waals surface area contributed by atoms with Crippen LogP contribution in [0.25, 0.3) is 0 Å². The van der Waals surface area contributed by atoms with Crippen molar-refractivity contribution in [3.05, 3.63) is 58.7 Å². The molecule has 1 saturated heterocycles. The van der Waals surface area contributed by atoms with Crippen LogP contribution in [0.15, 0.2) is 58.7 Å². The van der Waals surface area contributed by atoms with E-state index in [2.05, 4.69) is 6.58 Å². The third kappa shape index (κ3) is 8.26. The summed E-state index contributed by atoms with van der Waals surface area (Å²) in [7, 11) is 0. The molecule has 10 nitrogen and oxygen atoms in total. The lowest BCUT2D eigenvalue weighted by Gasteiger charge is -2.28. The van der Waals surface area contributed by atoms with Crippen molar-refractivity contribution in [3.8, 4) is 0 Å². The van der Waals surface area contributed by atoms with Gasteiger partial charge in [0.2, 0.25) is 0 Å². The molecule has 0 aromatic carbocycles. The smallest absolute Gasteiger partial charge is 0.337 e. The summed E-state index contributed by atoms with van der Waals surface area (Å²) in [6, 6.07) is 0. The molecule has 2 N–H and O–H groups in total. The molecular weight excluding hydrogens is 484 g/mol. The number of carbonyl (C=O) groups is 4. The summed E-state index contributed by atoms with van der Waals surface area (Å²) in [5.41, 5.74) is 1.68. The first-order valence-corrected chi connectivity index (χ1v) is 11.8. The van der Waals surface area contributed by atoms with Crippen LogP contribution in [0.5, 0.6) is 0 Å². The maximum absolute atomic E-state index is 13.1. The van der Waals surface area contributed by atoms with Crippen molar-refractivity contribution in [2.24, 2.45) is 5.92 Å². The molecule has 0 aromatic rings. The topological polar surface area (TPSA) is 146 Å². The van der Waals surface area contributed by atoms with Gasteiger partial charge in [0.25, 0.3) is 0 Å². The van der Waals surface area contributed by atoms with Crippen LogP contribution in [0.3, 0.4) is 0 Å². The lowest BCUT2D eigenvalue weighted by molar-refractivity contribution is -0.149. The number of esters is 4. The maximum atomic E-state index is 13.1. The number of ether oxygens (including phenoxy) is 4. The Morgan fingerprint density at radius 2 is 1.78 bits per heavy atom. The number of hydrogen-bond donors (Lipinski definition) is 2. The Balaban J connectivity index is 2.33. The molecule has 37 heavy (non-hydrogen) atoms. The second kappa shape index (κ2) is 13.7. The Morgan fingerprint density at radius 3 is 2.41 bits per heavy atom. The van der Waals surface area contributed by atoms with E-state index in [1.54, 1.807) is 13.0 Å². The van der Waals surface area contributed by atoms with Crippen LogP contribution < -0.4 is 0 Å². The normalized spacial score (nSPS) is 27.6. The molecule has 0 amide bonds. The van der Waals surface area contributed by atoms with Crippen LogP contribution in [0.4, 0.5) is 0 Å². The van der Waals surface area contributed by atoms with E-state index in [1.165, 1.54) is 26.0 Å². The Morgan fingerprint density at radius 1 is 1.11 bits per heavy atom. The lowest BCUT2D eigenvalue weighted by atomic mass is 9.85. The molecule has 202 valence electrons. The molecule has 1 fully saturated rings. The van der Waals surface area contributed by atoms with Gasteiger partial charge in [-0.3, -0.25) is 4.79 Å². The van der Waals surface area contributed by atoms with E-state index in [0.29, 0.717) is 12.0 Å². The fraction of sp³-hybridized carbons (Fsp3) is 0.481. The highest BCUT2D eigenvalue weighted by atomic mass is 16.6. The van der Waals surface area contributed by atoms with Gasteiger partial charge in [0.05, 0.1) is 24.7 Å². The van der Waals surface area contributed by atoms with Gasteiger partial charge in [0, 0.05) is 30.9 Å². The van der Waals surface area contributed by atoms with E-state index >= 15 is 0 Å². The van der Waals surface area contributed by atoms with E-state index in [4.69, 9.17) is 24.1 Å². The number of rotatable bonds is 8. The Bertz CT molecular complexity index is 1050. The zero-order valence-electron chi connectivity index (χ0n) is 21.5. The fourth-order valence-corrected chi connectivity index (χ4v) is 4.03. The first-order valence-electron chi connectivity index (χ1n) is 11.8. The molecule has 4 atom stereocenters. The molecule has 0 spiro atoms. The largest absolute Gasteiger partial charge is 0.458 e. The number of aliphatic hydroxyl groups is 2. The van der Waals surface area contributed by atoms with Gasteiger partial charge < -0.3 is 29.2 Å². The van der Waals surface area contributed by atoms with Gasteiger partial charge in [0.15, 0.2) is 0 Å². The van der Waals surface area contributed by atoms with Crippen molar-refractivity contribution < 1.29 is 48.3 Å². The minimum absolute atomic E-state index is 0.0968. The van der Waals surface area contributed by atoms with Crippen LogP contribution in [0.2, 0.25) is 0 Å². The van der Waals surface area contributed by atoms with Crippen LogP contribution in [-0.2, 0) is 38.1 Å². The highest BCUT2D eigenvalue weighted by Crippen LogP contribution is 2.36. The summed E-state index contributed by atoms with van der Waals surface area (Å²) in [5, 5.41) is 18.3. The predicted molar refractivity (Wildman–Crippen MR) is 132 cm³/mol. The SMILES string of the molecule is C=C1C(=O)O[C@@H]2/C=C(/C)[C@H](OC(C)=O)C/C=C(\C)C[C@@H](OC(=O)/C(=C/CO)COC(=O)/C(C)=C/CO)[C@@H]12. The molecule has 0 unspecified atom stereocenters. The average molecular weight is 519 g/mol. The average Bonchev–Trinajstić information content (AvgIpc) is 3.10. The standard InChI is InChI=1S/C27H34O10/c1-15-6-7-21(35-19(5)30)17(3)13-23-24(18(4)26(32)36-23)22(12-15)37-27(33)20(9-11-29)14-34-25(31)16(2)8-10-28/h6,8-9,13,21-24,28-29H,4,7,10-12,14H2,1-3,5H3/b15-6+,16-8+,17-13-,20-9+/t21-,22-,23-,24-/m1/s1. The van der Waals surface area contributed by atoms with Gasteiger partial charge in [-0.15, -0.1) is 0 Å². The van der Waals surface area contributed by atoms with Crippen LogP contribution in [0.1, 0.15) is 40.5 Å². The van der Waals surface area contributed by atoms with E-state index in [0.717, 1.165) is 5.57 Å². The predicted octanol–water partition coefficient (Wildman–Crippen LogP) is 2.01. The highest BCUT2D eigenvalue weighted by Gasteiger charge is 2.45. The van der Waals surface area contributed by atoms with E-state index in [1.807, 2.05) is 13.0 Å². The quantitative estimate of drug-likeness (QED) is 0.212. The number of hydrogen-bond acceptors (Lipinski definition) is 10. The minimum atomic E-state index is -0.865. The molecule has 1 aliphatic carbocycles. The van der Waals surface area contributed by atoms with Gasteiger partial charge in [0.1, 0.15) is 24.9 Å². The van der Waals surface area contributed by atoms with Crippen molar-refractivity contribution >= 4 is 23.9 Å². The first kappa shape index (κ1) is 29.7. The van der Waals surface area contributed by atoms with Crippen molar-refractivity contribution in [1.29, 1.82) is 0 Å². The summed E-state index contributed by atoms with van der Waals surface area (Å²) in [4.78, 5) is 49.2. The molecule has 0 aromatic heterocycles. The number of fused-ring (bicyclic) bond motifs is 1. The van der Waals surface area contributed by atoms with Gasteiger partial charge >= 0.3 is 23.9 Å². The van der Waals surface area contributed by atoms with Crippen molar-refractivity contribution in [1.82, 2.24) is 0 Å². The van der Waals surface area contributed by atoms with Crippen molar-refractivity contribution in [3.63, 3.8) is 0 Å². The Labute approximate surface area is 215 Å². The summed E-state index contributed by atoms with van der Waals surface area (Å²) in [6.07, 6.45) is 4.36. The van der Waals surface area contributed by atoms with Gasteiger partial charge in [-0.05, 0) is 44.6 Å². The third-order valence-corrected chi connectivity index (χ3v) is 6.05. The van der Waals surface area contributed by atoms with Crippen LogP contribution in [-0.4, -0.2) is 72.2 Å². The van der Waals surface area contributed by atoms with Crippen molar-refractivity contribution in [2.75, 3.05) is 19.8 Å². The molecule has 1 aliphatic heterocycles. The zero-order valence-corrected chi connectivity index (χ0v) is 21.5. The molecule has 1 heterocycles. The summed E-state index contributed by atoms with van der Waals surface area (Å²) < 4.78 is 21.8. The zero-order chi connectivity index (χ0) is 27.7. The Kier molecular flexibility index (Phi) is 11.0. The molecule has 0 bridgehead atoms. The van der Waals surface area contributed by atoms with E-state index in [-0.39, 0.29) is 29.7 Å². The second-order valence-corrected chi connectivity index (χ2v) is 8.92. The van der Waals surface area contributed by atoms with Gasteiger partial charge in [-0.2, -0.15) is 0 Å². The highest BCUT2D eigenvalue weighted by molar-refractivity contribution is 5.93. The first-order chi connectivity index (χ1) is 17.5. The molecule has 10 heteroatoms. The van der Waals surface area contributed by atoms with Crippen LogP contribution in [0, 0.1) is 5.92 Å². The fourth-order valence-electron chi connectivity index (χ4n) is 4.03. The Hall–Kier alpha value is -3.50. The molecule has 2 rings (SSSR count). The second-order valence-electron chi connectivity index (χ2n) is 8.92. The maximum Gasteiger partial charge on any atom is 0.337 e. The molecule has 0 radical (unpaired) electrons. The minimum Gasteiger partial charge on any atom is -0.458 e. The van der Waals surface area contributed by atoms with E-state index < -0.39 is 61.3 Å². The lowest BCUT2D eigenvalue weighted by Crippen LogP contribution is -2.35. The van der Waals surface area contributed by atoms with Crippen LogP contribution >= 0.6 is 0 Å². The van der Waals surface area contributed by atoms with Gasteiger partial charge in [-0.1, -0.05) is 18.2 Å². The summed E-state index contributed by atoms with van der Waals surface area (Å²) in [6.45, 7) is 8.88.